The third-order valence-electron chi connectivity index (χ3n) is 10.6. The Morgan fingerprint density at radius 1 is 0.680 bits per heavy atom. The molecule has 6 heterocycles. The number of hydrogen-bond donors (Lipinski definition) is 10. The van der Waals surface area contributed by atoms with Gasteiger partial charge in [0.05, 0.1) is 53.6 Å². The van der Waals surface area contributed by atoms with E-state index in [-0.39, 0.29) is 45.6 Å². The highest BCUT2D eigenvalue weighted by molar-refractivity contribution is 8.14. The van der Waals surface area contributed by atoms with Crippen molar-refractivity contribution in [3.05, 3.63) is 60.2 Å². The maximum absolute atomic E-state index is 13.5. The number of phosphoric ester groups is 2. The Morgan fingerprint density at radius 2 is 1.12 bits per heavy atom. The van der Waals surface area contributed by atoms with Crippen molar-refractivity contribution in [3.63, 3.8) is 0 Å². The summed E-state index contributed by atoms with van der Waals surface area (Å²) in [5.74, 6) is -0.208. The largest absolute Gasteiger partial charge is 0.490 e. The van der Waals surface area contributed by atoms with Crippen LogP contribution in [0.5, 0.6) is 0 Å². The van der Waals surface area contributed by atoms with Crippen LogP contribution in [-0.2, 0) is 75.2 Å². The van der Waals surface area contributed by atoms with E-state index < -0.39 is 103 Å². The quantitative estimate of drug-likeness (QED) is 0.0366. The highest BCUT2D eigenvalue weighted by Gasteiger charge is 2.59. The standard InChI is InChI=1S/C26H37N4O9PS2.C13H17N4O13P3/c1-24(2,3)22(33)41-12-11-36-40(35,38-15-42-23(34)25(4,5)6)37-13-18-20(31)21(32)26(14-27,39-18)19-8-7-17-16(28)9-10-29-30(17)19;14-6-13(10-2-1-8-7(15)3-4-16-17(8)10)12(19)11(18)9(28-13)5-27-32(23,24)30-33(25,26)29-31(20,21)22/h7-10,18,20-21,31-32H,11-13,15,28H2,1-6H3;1-4,9,11-12,18-19H,5,15H2,(H,23,24)(H,25,26)(H2,20,21,22)/t18-,20-,21-,26+,40?;9-,11-,12-,13+/m11/s1. The molecule has 2 aliphatic rings. The van der Waals surface area contributed by atoms with Crippen LogP contribution in [0.1, 0.15) is 52.9 Å². The van der Waals surface area contributed by atoms with Crippen LogP contribution in [0.2, 0.25) is 0 Å². The molecule has 30 nitrogen and oxygen atoms in total. The first-order valence-electron chi connectivity index (χ1n) is 21.6. The Balaban J connectivity index is 0.000000285. The molecule has 0 bridgehead atoms. The van der Waals surface area contributed by atoms with E-state index in [0.717, 1.165) is 23.5 Å². The zero-order chi connectivity index (χ0) is 56.3. The van der Waals surface area contributed by atoms with Crippen LogP contribution in [-0.4, -0.2) is 138 Å². The summed E-state index contributed by atoms with van der Waals surface area (Å²) in [5.41, 5.74) is 7.81. The van der Waals surface area contributed by atoms with Crippen LogP contribution in [0.3, 0.4) is 0 Å². The first kappa shape index (κ1) is 62.1. The number of nitrogens with two attached hydrogens (primary N) is 2. The lowest BCUT2D eigenvalue weighted by molar-refractivity contribution is -0.118. The number of aromatic nitrogens is 4. The van der Waals surface area contributed by atoms with Gasteiger partial charge in [0.1, 0.15) is 54.7 Å². The van der Waals surface area contributed by atoms with Gasteiger partial charge in [-0.1, -0.05) is 65.1 Å². The Kier molecular flexibility index (Phi) is 19.6. The first-order chi connectivity index (χ1) is 34.6. The minimum Gasteiger partial charge on any atom is -0.397 e. The van der Waals surface area contributed by atoms with Gasteiger partial charge in [0.15, 0.2) is 10.2 Å². The number of anilines is 2. The van der Waals surface area contributed by atoms with Crippen molar-refractivity contribution in [1.29, 1.82) is 10.5 Å². The fraction of sp³-hybridized carbons (Fsp3) is 0.538. The molecule has 4 aromatic heterocycles. The van der Waals surface area contributed by atoms with Gasteiger partial charge in [-0.15, -0.1) is 0 Å². The van der Waals surface area contributed by atoms with Gasteiger partial charge in [-0.3, -0.25) is 27.7 Å². The highest BCUT2D eigenvalue weighted by atomic mass is 32.2. The summed E-state index contributed by atoms with van der Waals surface area (Å²) in [6, 6.07) is 12.6. The Morgan fingerprint density at radius 3 is 1.55 bits per heavy atom. The zero-order valence-corrected chi connectivity index (χ0v) is 45.6. The zero-order valence-electron chi connectivity index (χ0n) is 40.4. The van der Waals surface area contributed by atoms with Crippen LogP contribution >= 0.6 is 54.8 Å². The van der Waals surface area contributed by atoms with E-state index in [1.807, 2.05) is 6.07 Å². The molecule has 2 fully saturated rings. The second-order valence-corrected chi connectivity index (χ2v) is 26.3. The van der Waals surface area contributed by atoms with Crippen LogP contribution in [0.15, 0.2) is 48.8 Å². The summed E-state index contributed by atoms with van der Waals surface area (Å²) in [6.45, 7) is 8.61. The lowest BCUT2D eigenvalue weighted by Crippen LogP contribution is -2.41. The number of carbonyl (C=O) groups excluding carboxylic acids is 2. The summed E-state index contributed by atoms with van der Waals surface area (Å²) in [5, 5.41) is 70.4. The number of hydrogen-bond acceptors (Lipinski definition) is 26. The maximum Gasteiger partial charge on any atom is 0.490 e. The SMILES string of the molecule is CC(C)(C)C(=O)SCCOP(=O)(OCSC(=O)C(C)(C)C)OC[C@H]1O[C@@](C#N)(c2ccc3c(N)ccnn23)[C@H](O)[C@@H]1O.N#C[C@@]1(c2ccc3c(N)ccnn23)O[C@H](COP(=O)(O)OP(=O)(O)OP(=O)(O)O)[C@@H](O)[C@H]1O. The predicted octanol–water partition coefficient (Wildman–Crippen LogP) is 2.58. The van der Waals surface area contributed by atoms with Crippen LogP contribution in [0, 0.1) is 33.5 Å². The van der Waals surface area contributed by atoms with Crippen molar-refractivity contribution in [2.75, 3.05) is 43.0 Å². The van der Waals surface area contributed by atoms with Gasteiger partial charge in [-0.05, 0) is 36.4 Å². The van der Waals surface area contributed by atoms with Gasteiger partial charge in [0.2, 0.25) is 11.2 Å². The molecule has 0 saturated carbocycles. The van der Waals surface area contributed by atoms with E-state index >= 15 is 0 Å². The number of nitrogens with zero attached hydrogens (tertiary/aromatic N) is 6. The first-order valence-corrected chi connectivity index (χ1v) is 29.5. The van der Waals surface area contributed by atoms with Gasteiger partial charge in [-0.2, -0.15) is 29.3 Å². The number of aliphatic hydroxyl groups is 4. The molecule has 2 saturated heterocycles. The number of carbonyl (C=O) groups is 2. The van der Waals surface area contributed by atoms with Gasteiger partial charge < -0.3 is 60.9 Å². The summed E-state index contributed by atoms with van der Waals surface area (Å²) in [4.78, 5) is 60.3. The summed E-state index contributed by atoms with van der Waals surface area (Å²) < 4.78 is 89.1. The Labute approximate surface area is 435 Å². The molecule has 4 aromatic rings. The number of thioether (sulfide) groups is 2. The second kappa shape index (κ2) is 23.7. The molecular weight excluding hydrogens is 1120 g/mol. The van der Waals surface area contributed by atoms with Gasteiger partial charge in [0, 0.05) is 29.0 Å². The molecule has 75 heavy (non-hydrogen) atoms. The lowest BCUT2D eigenvalue weighted by Gasteiger charge is -2.24. The number of phosphoric acid groups is 4. The fourth-order valence-corrected chi connectivity index (χ4v) is 13.0. The van der Waals surface area contributed by atoms with Crippen LogP contribution < -0.4 is 11.5 Å². The molecule has 12 N–H and O–H groups in total. The molecule has 3 unspecified atom stereocenters. The van der Waals surface area contributed by atoms with Gasteiger partial charge in [0.25, 0.3) is 0 Å². The molecule has 0 amide bonds. The molecule has 2 aliphatic heterocycles. The Hall–Kier alpha value is -3.72. The number of rotatable bonds is 19. The van der Waals surface area contributed by atoms with Crippen LogP contribution in [0.25, 0.3) is 11.0 Å². The number of fused-ring (bicyclic) bond motifs is 2. The van der Waals surface area contributed by atoms with E-state index in [2.05, 4.69) is 23.3 Å². The van der Waals surface area contributed by atoms with Crippen molar-refractivity contribution in [1.82, 2.24) is 19.2 Å². The predicted molar refractivity (Wildman–Crippen MR) is 262 cm³/mol. The second-order valence-electron chi connectivity index (χ2n) is 18.3. The third-order valence-corrected chi connectivity index (χ3v) is 18.3. The number of ether oxygens (including phenoxy) is 2. The van der Waals surface area contributed by atoms with E-state index in [1.165, 1.54) is 45.7 Å². The highest BCUT2D eigenvalue weighted by Crippen LogP contribution is 2.66. The topological polar surface area (TPSA) is 472 Å². The fourth-order valence-electron chi connectivity index (χ4n) is 6.88. The van der Waals surface area contributed by atoms with E-state index in [0.29, 0.717) is 16.7 Å². The minimum atomic E-state index is -5.76. The van der Waals surface area contributed by atoms with Gasteiger partial charge in [-0.25, -0.2) is 27.3 Å². The summed E-state index contributed by atoms with van der Waals surface area (Å²) in [7, 11) is -21.2. The van der Waals surface area contributed by atoms with Crippen molar-refractivity contribution in [2.45, 2.75) is 89.4 Å². The molecule has 0 spiro atoms. The maximum atomic E-state index is 13.5. The monoisotopic (exact) mass is 1170 g/mol. The van der Waals surface area contributed by atoms with E-state index in [9.17, 15) is 63.7 Å². The summed E-state index contributed by atoms with van der Waals surface area (Å²) in [6.07, 6.45) is -7.44. The average Bonchev–Trinajstić information content (AvgIpc) is 4.06. The molecular formula is C39H54N8O22P4S2. The molecule has 0 radical (unpaired) electrons. The number of nitrogen functional groups attached to an aromatic ring is 2. The molecule has 6 rings (SSSR count). The van der Waals surface area contributed by atoms with Gasteiger partial charge >= 0.3 is 31.3 Å². The molecule has 414 valence electrons. The van der Waals surface area contributed by atoms with Crippen molar-refractivity contribution in [3.8, 4) is 12.1 Å². The smallest absolute Gasteiger partial charge is 0.397 e. The minimum absolute atomic E-state index is 0.0420. The van der Waals surface area contributed by atoms with Crippen molar-refractivity contribution in [2.24, 2.45) is 10.8 Å². The van der Waals surface area contributed by atoms with E-state index in [4.69, 9.17) is 49.2 Å². The average molecular weight is 1170 g/mol. The Bertz CT molecular complexity index is 3030. The number of aliphatic hydroxyl groups excluding tert-OH is 4. The molecule has 11 atom stereocenters. The normalized spacial score (nSPS) is 26.6. The molecule has 0 aromatic carbocycles. The van der Waals surface area contributed by atoms with E-state index in [1.54, 1.807) is 59.7 Å². The number of nitriles is 2. The lowest BCUT2D eigenvalue weighted by atomic mass is 9.92. The van der Waals surface area contributed by atoms with Crippen molar-refractivity contribution < 1.29 is 104 Å². The van der Waals surface area contributed by atoms with Crippen molar-refractivity contribution >= 4 is 87.5 Å². The van der Waals surface area contributed by atoms with Crippen LogP contribution in [0.4, 0.5) is 11.4 Å². The molecule has 0 aliphatic carbocycles. The molecule has 36 heteroatoms. The third kappa shape index (κ3) is 14.7. The summed E-state index contributed by atoms with van der Waals surface area (Å²) >= 11 is 1.78.